The van der Waals surface area contributed by atoms with E-state index in [1.807, 2.05) is 23.6 Å². The molecular formula is C24H17F2N3O2S. The van der Waals surface area contributed by atoms with Gasteiger partial charge in [0.25, 0.3) is 0 Å². The number of aromatic hydroxyl groups is 1. The molecule has 5 nitrogen and oxygen atoms in total. The fourth-order valence-electron chi connectivity index (χ4n) is 3.81. The van der Waals surface area contributed by atoms with Gasteiger partial charge in [0.05, 0.1) is 22.7 Å². The second-order valence-corrected chi connectivity index (χ2v) is 8.46. The van der Waals surface area contributed by atoms with Crippen molar-refractivity contribution in [3.63, 3.8) is 0 Å². The molecule has 160 valence electrons. The highest BCUT2D eigenvalue weighted by molar-refractivity contribution is 7.13. The lowest BCUT2D eigenvalue weighted by Gasteiger charge is -2.21. The first kappa shape index (κ1) is 20.3. The smallest absolute Gasteiger partial charge is 0.230 e. The van der Waals surface area contributed by atoms with Gasteiger partial charge in [0, 0.05) is 5.56 Å². The molecule has 1 aliphatic rings. The van der Waals surface area contributed by atoms with Gasteiger partial charge in [0.1, 0.15) is 11.4 Å². The second kappa shape index (κ2) is 8.12. The molecule has 0 bridgehead atoms. The molecule has 1 amide bonds. The number of rotatable bonds is 4. The van der Waals surface area contributed by atoms with Crippen LogP contribution in [-0.4, -0.2) is 21.0 Å². The van der Waals surface area contributed by atoms with Gasteiger partial charge in [-0.15, -0.1) is 11.3 Å². The van der Waals surface area contributed by atoms with Gasteiger partial charge in [-0.2, -0.15) is 0 Å². The monoisotopic (exact) mass is 449 g/mol. The largest absolute Gasteiger partial charge is 0.508 e. The van der Waals surface area contributed by atoms with Crippen molar-refractivity contribution < 1.29 is 18.7 Å². The minimum Gasteiger partial charge on any atom is -0.508 e. The van der Waals surface area contributed by atoms with Crippen LogP contribution in [0, 0.1) is 11.6 Å². The van der Waals surface area contributed by atoms with Crippen molar-refractivity contribution in [3.8, 4) is 27.6 Å². The SMILES string of the molecule is O=C(Cc1ccc(F)c(F)c1)Nc1nc2c(nc1-c1cccs1)-c1ccc(O)cc1CC2. The quantitative estimate of drug-likeness (QED) is 0.453. The number of thiophene rings is 1. The molecule has 2 heterocycles. The minimum atomic E-state index is -0.993. The Labute approximate surface area is 186 Å². The van der Waals surface area contributed by atoms with E-state index >= 15 is 0 Å². The molecule has 2 N–H and O–H groups in total. The first-order chi connectivity index (χ1) is 15.5. The highest BCUT2D eigenvalue weighted by atomic mass is 32.1. The Hall–Kier alpha value is -3.65. The number of aromatic nitrogens is 2. The molecule has 5 rings (SSSR count). The predicted molar refractivity (Wildman–Crippen MR) is 119 cm³/mol. The Kier molecular flexibility index (Phi) is 5.14. The topological polar surface area (TPSA) is 75.1 Å². The normalized spacial score (nSPS) is 12.2. The summed E-state index contributed by atoms with van der Waals surface area (Å²) in [6.07, 6.45) is 1.20. The van der Waals surface area contributed by atoms with E-state index in [1.54, 1.807) is 12.1 Å². The van der Waals surface area contributed by atoms with E-state index in [0.717, 1.165) is 39.5 Å². The van der Waals surface area contributed by atoms with Crippen LogP contribution >= 0.6 is 11.3 Å². The van der Waals surface area contributed by atoms with Crippen LogP contribution in [0.5, 0.6) is 5.75 Å². The maximum absolute atomic E-state index is 13.5. The number of anilines is 1. The van der Waals surface area contributed by atoms with Gasteiger partial charge in [0.15, 0.2) is 17.5 Å². The lowest BCUT2D eigenvalue weighted by molar-refractivity contribution is -0.115. The maximum Gasteiger partial charge on any atom is 0.230 e. The van der Waals surface area contributed by atoms with Crippen molar-refractivity contribution in [2.75, 3.05) is 5.32 Å². The Bertz CT molecular complexity index is 1340. The number of phenols is 1. The lowest BCUT2D eigenvalue weighted by Crippen LogP contribution is -2.18. The molecule has 4 aromatic rings. The number of aryl methyl sites for hydroxylation is 2. The number of carbonyl (C=O) groups is 1. The summed E-state index contributed by atoms with van der Waals surface area (Å²) >= 11 is 1.47. The van der Waals surface area contributed by atoms with Crippen molar-refractivity contribution in [3.05, 3.63) is 82.4 Å². The molecule has 32 heavy (non-hydrogen) atoms. The van der Waals surface area contributed by atoms with E-state index < -0.39 is 17.5 Å². The van der Waals surface area contributed by atoms with Crippen molar-refractivity contribution in [1.29, 1.82) is 0 Å². The maximum atomic E-state index is 13.5. The first-order valence-electron chi connectivity index (χ1n) is 9.99. The van der Waals surface area contributed by atoms with E-state index in [-0.39, 0.29) is 12.2 Å². The molecule has 0 spiro atoms. The third kappa shape index (κ3) is 3.85. The lowest BCUT2D eigenvalue weighted by atomic mass is 9.91. The summed E-state index contributed by atoms with van der Waals surface area (Å²) in [5, 5.41) is 14.5. The summed E-state index contributed by atoms with van der Waals surface area (Å²) in [6, 6.07) is 12.4. The number of nitrogens with zero attached hydrogens (tertiary/aromatic N) is 2. The number of amides is 1. The van der Waals surface area contributed by atoms with E-state index in [0.29, 0.717) is 29.9 Å². The molecule has 2 aromatic carbocycles. The van der Waals surface area contributed by atoms with Crippen LogP contribution in [0.1, 0.15) is 16.8 Å². The van der Waals surface area contributed by atoms with Gasteiger partial charge in [-0.1, -0.05) is 12.1 Å². The summed E-state index contributed by atoms with van der Waals surface area (Å²) in [4.78, 5) is 23.1. The molecular weight excluding hydrogens is 432 g/mol. The van der Waals surface area contributed by atoms with Crippen molar-refractivity contribution in [2.24, 2.45) is 0 Å². The summed E-state index contributed by atoms with van der Waals surface area (Å²) in [5.41, 5.74) is 4.30. The van der Waals surface area contributed by atoms with E-state index in [4.69, 9.17) is 9.97 Å². The van der Waals surface area contributed by atoms with E-state index in [1.165, 1.54) is 17.4 Å². The van der Waals surface area contributed by atoms with Crippen LogP contribution in [-0.2, 0) is 24.1 Å². The van der Waals surface area contributed by atoms with Gasteiger partial charge in [-0.3, -0.25) is 4.79 Å². The van der Waals surface area contributed by atoms with Crippen LogP contribution < -0.4 is 5.32 Å². The molecule has 0 fully saturated rings. The van der Waals surface area contributed by atoms with Crippen LogP contribution in [0.15, 0.2) is 53.9 Å². The third-order valence-corrected chi connectivity index (χ3v) is 6.18. The fourth-order valence-corrected chi connectivity index (χ4v) is 4.53. The van der Waals surface area contributed by atoms with Gasteiger partial charge in [-0.25, -0.2) is 18.7 Å². The summed E-state index contributed by atoms with van der Waals surface area (Å²) in [7, 11) is 0. The average molecular weight is 449 g/mol. The number of benzene rings is 2. The number of nitrogens with one attached hydrogen (secondary N) is 1. The highest BCUT2D eigenvalue weighted by Gasteiger charge is 2.24. The van der Waals surface area contributed by atoms with Crippen LogP contribution in [0.25, 0.3) is 21.8 Å². The standard InChI is InChI=1S/C24H17F2N3O2S/c25-17-7-3-13(10-18(17)26)11-21(31)28-24-23(20-2-1-9-32-20)29-22-16-6-5-15(30)12-14(16)4-8-19(22)27-24/h1-3,5-7,9-10,12,30H,4,8,11H2,(H,27,28,31). The van der Waals surface area contributed by atoms with Crippen LogP contribution in [0.3, 0.4) is 0 Å². The third-order valence-electron chi connectivity index (χ3n) is 5.30. The Morgan fingerprint density at radius 3 is 2.69 bits per heavy atom. The number of hydrogen-bond acceptors (Lipinski definition) is 5. The molecule has 0 atom stereocenters. The highest BCUT2D eigenvalue weighted by Crippen LogP contribution is 2.37. The number of carbonyl (C=O) groups excluding carboxylic acids is 1. The number of phenolic OH excluding ortho intramolecular Hbond substituents is 1. The predicted octanol–water partition coefficient (Wildman–Crippen LogP) is 5.14. The van der Waals surface area contributed by atoms with Crippen molar-refractivity contribution in [2.45, 2.75) is 19.3 Å². The Morgan fingerprint density at radius 1 is 1.03 bits per heavy atom. The van der Waals surface area contributed by atoms with E-state index in [9.17, 15) is 18.7 Å². The molecule has 8 heteroatoms. The molecule has 0 saturated carbocycles. The van der Waals surface area contributed by atoms with Gasteiger partial charge >= 0.3 is 0 Å². The van der Waals surface area contributed by atoms with Crippen LogP contribution in [0.4, 0.5) is 14.6 Å². The summed E-state index contributed by atoms with van der Waals surface area (Å²) < 4.78 is 26.7. The number of hydrogen-bond donors (Lipinski definition) is 2. The summed E-state index contributed by atoms with van der Waals surface area (Å²) in [6.45, 7) is 0. The zero-order valence-corrected chi connectivity index (χ0v) is 17.5. The summed E-state index contributed by atoms with van der Waals surface area (Å²) in [5.74, 6) is -1.80. The van der Waals surface area contributed by atoms with Gasteiger partial charge in [-0.05, 0) is 65.7 Å². The second-order valence-electron chi connectivity index (χ2n) is 7.51. The molecule has 1 aliphatic carbocycles. The molecule has 0 unspecified atom stereocenters. The Morgan fingerprint density at radius 2 is 1.91 bits per heavy atom. The van der Waals surface area contributed by atoms with Crippen molar-refractivity contribution >= 4 is 23.1 Å². The molecule has 0 aliphatic heterocycles. The molecule has 2 aromatic heterocycles. The van der Waals surface area contributed by atoms with Crippen molar-refractivity contribution in [1.82, 2.24) is 9.97 Å². The Balaban J connectivity index is 1.51. The zero-order chi connectivity index (χ0) is 22.2. The van der Waals surface area contributed by atoms with Gasteiger partial charge < -0.3 is 10.4 Å². The molecule has 0 radical (unpaired) electrons. The minimum absolute atomic E-state index is 0.123. The van der Waals surface area contributed by atoms with Crippen LogP contribution in [0.2, 0.25) is 0 Å². The number of halogens is 2. The fraction of sp³-hybridized carbons (Fsp3) is 0.125. The average Bonchev–Trinajstić information content (AvgIpc) is 3.30. The first-order valence-corrected chi connectivity index (χ1v) is 10.9. The van der Waals surface area contributed by atoms with E-state index in [2.05, 4.69) is 5.32 Å². The number of fused-ring (bicyclic) bond motifs is 3. The molecule has 0 saturated heterocycles. The zero-order valence-electron chi connectivity index (χ0n) is 16.7. The van der Waals surface area contributed by atoms with Gasteiger partial charge in [0.2, 0.25) is 5.91 Å².